The highest BCUT2D eigenvalue weighted by atomic mass is 16.5. The zero-order valence-corrected chi connectivity index (χ0v) is 14.1. The van der Waals surface area contributed by atoms with Crippen molar-refractivity contribution in [2.45, 2.75) is 39.2 Å². The smallest absolute Gasteiger partial charge is 0.242 e. The number of carbonyl (C=O) groups is 1. The molecule has 1 unspecified atom stereocenters. The first-order chi connectivity index (χ1) is 11.1. The van der Waals surface area contributed by atoms with Crippen LogP contribution >= 0.6 is 0 Å². The fourth-order valence-electron chi connectivity index (χ4n) is 3.33. The summed E-state index contributed by atoms with van der Waals surface area (Å²) < 4.78 is 5.99. The number of benzene rings is 1. The van der Waals surface area contributed by atoms with Gasteiger partial charge in [0.15, 0.2) is 0 Å². The number of fused-ring (bicyclic) bond motifs is 1. The summed E-state index contributed by atoms with van der Waals surface area (Å²) in [4.78, 5) is 16.8. The molecule has 1 aromatic carbocycles. The molecule has 0 spiro atoms. The largest absolute Gasteiger partial charge is 0.486 e. The summed E-state index contributed by atoms with van der Waals surface area (Å²) in [5.41, 5.74) is 7.54. The third-order valence-corrected chi connectivity index (χ3v) is 4.96. The van der Waals surface area contributed by atoms with Crippen LogP contribution < -0.4 is 15.4 Å². The van der Waals surface area contributed by atoms with E-state index in [0.717, 1.165) is 56.3 Å². The topological polar surface area (TPSA) is 58.8 Å². The van der Waals surface area contributed by atoms with Crippen molar-refractivity contribution in [1.82, 2.24) is 4.90 Å². The van der Waals surface area contributed by atoms with Crippen molar-refractivity contribution in [3.05, 3.63) is 18.2 Å². The second-order valence-electron chi connectivity index (χ2n) is 6.82. The van der Waals surface area contributed by atoms with Crippen LogP contribution in [-0.4, -0.2) is 43.1 Å². The van der Waals surface area contributed by atoms with Gasteiger partial charge in [0.25, 0.3) is 0 Å². The molecule has 0 radical (unpaired) electrons. The van der Waals surface area contributed by atoms with Gasteiger partial charge in [-0.15, -0.1) is 0 Å². The first-order valence-corrected chi connectivity index (χ1v) is 8.65. The molecule has 0 aliphatic carbocycles. The molecule has 126 valence electrons. The van der Waals surface area contributed by atoms with Crippen LogP contribution in [0.3, 0.4) is 0 Å². The Morgan fingerprint density at radius 3 is 2.78 bits per heavy atom. The molecule has 2 aliphatic rings. The minimum Gasteiger partial charge on any atom is -0.486 e. The number of anilines is 2. The lowest BCUT2D eigenvalue weighted by Gasteiger charge is -2.38. The molecule has 2 heterocycles. The number of piperidine rings is 1. The second kappa shape index (κ2) is 6.69. The van der Waals surface area contributed by atoms with Gasteiger partial charge in [0.1, 0.15) is 11.9 Å². The fourth-order valence-corrected chi connectivity index (χ4v) is 3.33. The van der Waals surface area contributed by atoms with Gasteiger partial charge in [0.05, 0.1) is 18.8 Å². The predicted molar refractivity (Wildman–Crippen MR) is 92.8 cm³/mol. The molecule has 1 aromatic rings. The number of hydrogen-bond acceptors (Lipinski definition) is 4. The van der Waals surface area contributed by atoms with Gasteiger partial charge in [-0.25, -0.2) is 0 Å². The number of hydrogen-bond donors (Lipinski definition) is 1. The van der Waals surface area contributed by atoms with Crippen molar-refractivity contribution < 1.29 is 9.53 Å². The zero-order chi connectivity index (χ0) is 16.4. The van der Waals surface area contributed by atoms with Crippen molar-refractivity contribution in [3.8, 4) is 5.75 Å². The van der Waals surface area contributed by atoms with Crippen LogP contribution in [0, 0.1) is 5.92 Å². The Morgan fingerprint density at radius 2 is 2.09 bits per heavy atom. The number of nitrogens with zero attached hydrogens (tertiary/aromatic N) is 2. The Hall–Kier alpha value is -1.91. The minimum absolute atomic E-state index is 0.110. The average Bonchev–Trinajstić information content (AvgIpc) is 2.54. The number of amides is 1. The zero-order valence-electron chi connectivity index (χ0n) is 14.1. The maximum Gasteiger partial charge on any atom is 0.242 e. The first-order valence-electron chi connectivity index (χ1n) is 8.65. The second-order valence-corrected chi connectivity index (χ2v) is 6.82. The van der Waals surface area contributed by atoms with E-state index in [1.165, 1.54) is 0 Å². The van der Waals surface area contributed by atoms with Crippen LogP contribution in [0.4, 0.5) is 11.4 Å². The quantitative estimate of drug-likeness (QED) is 0.870. The third kappa shape index (κ3) is 3.54. The van der Waals surface area contributed by atoms with Crippen molar-refractivity contribution in [1.29, 1.82) is 0 Å². The summed E-state index contributed by atoms with van der Waals surface area (Å²) >= 11 is 0. The number of nitrogen functional groups attached to an aromatic ring is 1. The monoisotopic (exact) mass is 317 g/mol. The summed E-state index contributed by atoms with van der Waals surface area (Å²) in [6.45, 7) is 7.31. The van der Waals surface area contributed by atoms with E-state index < -0.39 is 0 Å². The molecule has 1 fully saturated rings. The van der Waals surface area contributed by atoms with Crippen LogP contribution in [0.2, 0.25) is 0 Å². The van der Waals surface area contributed by atoms with E-state index in [4.69, 9.17) is 10.5 Å². The van der Waals surface area contributed by atoms with E-state index in [0.29, 0.717) is 12.2 Å². The lowest BCUT2D eigenvalue weighted by atomic mass is 9.99. The van der Waals surface area contributed by atoms with Gasteiger partial charge < -0.3 is 20.3 Å². The highest BCUT2D eigenvalue weighted by molar-refractivity contribution is 5.83. The van der Waals surface area contributed by atoms with Gasteiger partial charge in [-0.05, 0) is 37.3 Å². The number of nitrogens with two attached hydrogens (primary N) is 1. The Labute approximate surface area is 138 Å². The third-order valence-electron chi connectivity index (χ3n) is 4.96. The van der Waals surface area contributed by atoms with Crippen LogP contribution in [0.1, 0.15) is 33.1 Å². The molecular weight excluding hydrogens is 290 g/mol. The van der Waals surface area contributed by atoms with Crippen molar-refractivity contribution in [3.63, 3.8) is 0 Å². The molecule has 0 saturated carbocycles. The average molecular weight is 317 g/mol. The maximum atomic E-state index is 12.7. The number of carbonyl (C=O) groups excluding carboxylic acids is 1. The van der Waals surface area contributed by atoms with Gasteiger partial charge in [0.2, 0.25) is 5.91 Å². The maximum absolute atomic E-state index is 12.7. The van der Waals surface area contributed by atoms with Crippen LogP contribution in [0.5, 0.6) is 5.75 Å². The lowest BCUT2D eigenvalue weighted by Crippen LogP contribution is -2.48. The highest BCUT2D eigenvalue weighted by Gasteiger charge is 2.28. The molecule has 1 atom stereocenters. The Kier molecular flexibility index (Phi) is 4.64. The van der Waals surface area contributed by atoms with Gasteiger partial charge >= 0.3 is 0 Å². The fraction of sp³-hybridized carbons (Fsp3) is 0.611. The molecule has 1 amide bonds. The summed E-state index contributed by atoms with van der Waals surface area (Å²) in [5, 5.41) is 0. The van der Waals surface area contributed by atoms with Gasteiger partial charge in [-0.3, -0.25) is 4.79 Å². The molecule has 23 heavy (non-hydrogen) atoms. The van der Waals surface area contributed by atoms with Gasteiger partial charge in [-0.1, -0.05) is 13.8 Å². The van der Waals surface area contributed by atoms with E-state index in [2.05, 4.69) is 18.7 Å². The van der Waals surface area contributed by atoms with E-state index in [9.17, 15) is 4.79 Å². The normalized spacial score (nSPS) is 21.7. The van der Waals surface area contributed by atoms with Crippen molar-refractivity contribution in [2.75, 3.05) is 36.8 Å². The Morgan fingerprint density at radius 1 is 1.35 bits per heavy atom. The SMILES string of the molecule is CCC1CN(CC(=O)N2CCC(C)CC2)c2ccc(N)cc2O1. The molecule has 3 rings (SSSR count). The molecule has 2 aliphatic heterocycles. The summed E-state index contributed by atoms with van der Waals surface area (Å²) in [6.07, 6.45) is 3.25. The number of ether oxygens (including phenoxy) is 1. The Bertz CT molecular complexity index is 567. The van der Waals surface area contributed by atoms with Crippen molar-refractivity contribution in [2.24, 2.45) is 5.92 Å². The molecule has 0 bridgehead atoms. The minimum atomic E-state index is 0.110. The highest BCUT2D eigenvalue weighted by Crippen LogP contribution is 2.35. The molecule has 5 heteroatoms. The van der Waals surface area contributed by atoms with Crippen LogP contribution in [0.15, 0.2) is 18.2 Å². The van der Waals surface area contributed by atoms with E-state index in [1.807, 2.05) is 23.1 Å². The molecule has 2 N–H and O–H groups in total. The predicted octanol–water partition coefficient (Wildman–Crippen LogP) is 2.50. The summed E-state index contributed by atoms with van der Waals surface area (Å²) in [6, 6.07) is 5.69. The standard InChI is InChI=1S/C18H27N3O2/c1-3-15-11-21(16-5-4-14(19)10-17(16)23-15)12-18(22)20-8-6-13(2)7-9-20/h4-5,10,13,15H,3,6-9,11-12,19H2,1-2H3. The Balaban J connectivity index is 1.73. The van der Waals surface area contributed by atoms with Crippen molar-refractivity contribution >= 4 is 17.3 Å². The summed E-state index contributed by atoms with van der Waals surface area (Å²) in [5.74, 6) is 1.75. The lowest BCUT2D eigenvalue weighted by molar-refractivity contribution is -0.131. The van der Waals surface area contributed by atoms with E-state index in [-0.39, 0.29) is 12.0 Å². The van der Waals surface area contributed by atoms with Gasteiger partial charge in [0, 0.05) is 24.8 Å². The molecular formula is C18H27N3O2. The first kappa shape index (κ1) is 16.0. The molecule has 0 aromatic heterocycles. The molecule has 5 nitrogen and oxygen atoms in total. The van der Waals surface area contributed by atoms with Crippen LogP contribution in [0.25, 0.3) is 0 Å². The number of rotatable bonds is 3. The van der Waals surface area contributed by atoms with E-state index in [1.54, 1.807) is 0 Å². The number of likely N-dealkylation sites (tertiary alicyclic amines) is 1. The van der Waals surface area contributed by atoms with Gasteiger partial charge in [-0.2, -0.15) is 0 Å². The van der Waals surface area contributed by atoms with Crippen LogP contribution in [-0.2, 0) is 4.79 Å². The summed E-state index contributed by atoms with van der Waals surface area (Å²) in [7, 11) is 0. The molecule has 1 saturated heterocycles. The van der Waals surface area contributed by atoms with E-state index >= 15 is 0 Å².